The summed E-state index contributed by atoms with van der Waals surface area (Å²) in [5, 5.41) is 14.0. The number of sulfone groups is 2. The monoisotopic (exact) mass is 566 g/mol. The number of aromatic nitrogens is 4. The van der Waals surface area contributed by atoms with Crippen LogP contribution in [0.25, 0.3) is 0 Å². The highest BCUT2D eigenvalue weighted by Crippen LogP contribution is 2.23. The van der Waals surface area contributed by atoms with Crippen molar-refractivity contribution in [3.05, 3.63) is 94.2 Å². The van der Waals surface area contributed by atoms with Gasteiger partial charge in [0.15, 0.2) is 41.6 Å². The van der Waals surface area contributed by atoms with Gasteiger partial charge < -0.3 is 11.5 Å². The molecule has 0 fully saturated rings. The summed E-state index contributed by atoms with van der Waals surface area (Å²) in [6.45, 7) is 0. The Morgan fingerprint density at radius 2 is 0.917 bits per heavy atom. The molecule has 0 aliphatic carbocycles. The zero-order valence-electron chi connectivity index (χ0n) is 18.5. The van der Waals surface area contributed by atoms with Gasteiger partial charge in [-0.2, -0.15) is 0 Å². The molecule has 0 saturated carbocycles. The largest absolute Gasteiger partial charge is 0.381 e. The van der Waals surface area contributed by atoms with Gasteiger partial charge in [-0.1, -0.05) is 83.9 Å². The molecule has 36 heavy (non-hydrogen) atoms. The molecule has 10 nitrogen and oxygen atoms in total. The molecule has 2 heterocycles. The van der Waals surface area contributed by atoms with Crippen molar-refractivity contribution < 1.29 is 16.8 Å². The predicted octanol–water partition coefficient (Wildman–Crippen LogP) is 3.37. The Hall–Kier alpha value is -3.32. The quantitative estimate of drug-likeness (QED) is 0.352. The Bertz CT molecular complexity index is 1440. The molecule has 4 N–H and O–H groups in total. The van der Waals surface area contributed by atoms with E-state index in [0.717, 1.165) is 0 Å². The minimum Gasteiger partial charge on any atom is -0.381 e. The van der Waals surface area contributed by atoms with E-state index >= 15 is 0 Å². The number of hydrogen-bond acceptors (Lipinski definition) is 10. The molecule has 0 radical (unpaired) electrons. The molecule has 0 amide bonds. The van der Waals surface area contributed by atoms with Crippen LogP contribution in [0.5, 0.6) is 0 Å². The molecule has 4 aromatic rings. The first kappa shape index (κ1) is 27.3. The summed E-state index contributed by atoms with van der Waals surface area (Å²) in [5.74, 6) is -0.592. The van der Waals surface area contributed by atoms with Crippen LogP contribution in [0.3, 0.4) is 0 Å². The first-order chi connectivity index (χ1) is 17.0. The summed E-state index contributed by atoms with van der Waals surface area (Å²) in [5.41, 5.74) is 12.4. The average Bonchev–Trinajstić information content (AvgIpc) is 2.83. The SMILES string of the molecule is Nc1nnc(Cl)cc1S(=O)(=O)Cc1ccccc1.Nc1nnc(Cl)cc1S(=O)(=O)Cc1ccccc1. The van der Waals surface area contributed by atoms with Crippen molar-refractivity contribution in [2.45, 2.75) is 21.3 Å². The summed E-state index contributed by atoms with van der Waals surface area (Å²) < 4.78 is 48.7. The van der Waals surface area contributed by atoms with Crippen LogP contribution in [0, 0.1) is 0 Å². The van der Waals surface area contributed by atoms with Gasteiger partial charge in [0, 0.05) is 0 Å². The second-order valence-corrected chi connectivity index (χ2v) is 12.0. The van der Waals surface area contributed by atoms with Crippen molar-refractivity contribution in [3.63, 3.8) is 0 Å². The van der Waals surface area contributed by atoms with Crippen molar-refractivity contribution in [1.29, 1.82) is 0 Å². The second-order valence-electron chi connectivity index (χ2n) is 7.32. The lowest BCUT2D eigenvalue weighted by Gasteiger charge is -2.06. The van der Waals surface area contributed by atoms with Crippen LogP contribution in [-0.4, -0.2) is 37.2 Å². The highest BCUT2D eigenvalue weighted by Gasteiger charge is 2.21. The topological polar surface area (TPSA) is 172 Å². The van der Waals surface area contributed by atoms with E-state index in [4.69, 9.17) is 34.7 Å². The van der Waals surface area contributed by atoms with Crippen LogP contribution in [0.4, 0.5) is 11.6 Å². The van der Waals surface area contributed by atoms with Gasteiger partial charge in [0.25, 0.3) is 0 Å². The minimum atomic E-state index is -3.58. The lowest BCUT2D eigenvalue weighted by Crippen LogP contribution is -2.10. The molecule has 4 rings (SSSR count). The third kappa shape index (κ3) is 7.34. The summed E-state index contributed by atoms with van der Waals surface area (Å²) in [4.78, 5) is -0.183. The molecule has 0 aliphatic rings. The van der Waals surface area contributed by atoms with E-state index in [9.17, 15) is 16.8 Å². The number of benzene rings is 2. The summed E-state index contributed by atoms with van der Waals surface area (Å²) in [6.07, 6.45) is 0. The Kier molecular flexibility index (Phi) is 8.79. The Morgan fingerprint density at radius 3 is 1.25 bits per heavy atom. The zero-order chi connectivity index (χ0) is 26.3. The number of nitrogens with zero attached hydrogens (tertiary/aromatic N) is 4. The van der Waals surface area contributed by atoms with Gasteiger partial charge in [0.2, 0.25) is 0 Å². The molecule has 2 aromatic heterocycles. The molecule has 0 spiro atoms. The molecular formula is C22H20Cl2N6O4S2. The maximum absolute atomic E-state index is 12.2. The van der Waals surface area contributed by atoms with E-state index in [2.05, 4.69) is 20.4 Å². The Balaban J connectivity index is 0.000000201. The van der Waals surface area contributed by atoms with Gasteiger partial charge in [0.05, 0.1) is 11.5 Å². The normalized spacial score (nSPS) is 11.4. The van der Waals surface area contributed by atoms with Gasteiger partial charge in [-0.05, 0) is 23.3 Å². The molecule has 0 aliphatic heterocycles. The maximum atomic E-state index is 12.2. The molecule has 2 aromatic carbocycles. The lowest BCUT2D eigenvalue weighted by atomic mass is 10.2. The Morgan fingerprint density at radius 1 is 0.583 bits per heavy atom. The first-order valence-electron chi connectivity index (χ1n) is 10.1. The van der Waals surface area contributed by atoms with Crippen molar-refractivity contribution in [2.24, 2.45) is 0 Å². The van der Waals surface area contributed by atoms with E-state index in [1.807, 2.05) is 12.1 Å². The summed E-state index contributed by atoms with van der Waals surface area (Å²) in [6, 6.07) is 20.0. The zero-order valence-corrected chi connectivity index (χ0v) is 21.6. The van der Waals surface area contributed by atoms with Crippen molar-refractivity contribution in [3.8, 4) is 0 Å². The van der Waals surface area contributed by atoms with Gasteiger partial charge in [-0.15, -0.1) is 20.4 Å². The molecular weight excluding hydrogens is 547 g/mol. The molecule has 0 bridgehead atoms. The van der Waals surface area contributed by atoms with Crippen molar-refractivity contribution in [1.82, 2.24) is 20.4 Å². The van der Waals surface area contributed by atoms with E-state index in [1.54, 1.807) is 48.5 Å². The van der Waals surface area contributed by atoms with Crippen molar-refractivity contribution in [2.75, 3.05) is 11.5 Å². The first-order valence-corrected chi connectivity index (χ1v) is 14.1. The van der Waals surface area contributed by atoms with Gasteiger partial charge in [0.1, 0.15) is 9.79 Å². The fourth-order valence-corrected chi connectivity index (χ4v) is 6.26. The molecule has 0 atom stereocenters. The van der Waals surface area contributed by atoms with Gasteiger partial charge in [-0.3, -0.25) is 0 Å². The van der Waals surface area contributed by atoms with E-state index in [-0.39, 0.29) is 43.2 Å². The average molecular weight is 567 g/mol. The van der Waals surface area contributed by atoms with Gasteiger partial charge in [-0.25, -0.2) is 16.8 Å². The summed E-state index contributed by atoms with van der Waals surface area (Å²) >= 11 is 11.3. The lowest BCUT2D eigenvalue weighted by molar-refractivity contribution is 0.593. The van der Waals surface area contributed by atoms with E-state index < -0.39 is 19.7 Å². The molecule has 14 heteroatoms. The highest BCUT2D eigenvalue weighted by atomic mass is 35.5. The smallest absolute Gasteiger partial charge is 0.186 e. The number of nitrogen functional groups attached to an aromatic ring is 2. The van der Waals surface area contributed by atoms with Crippen LogP contribution in [0.2, 0.25) is 10.3 Å². The van der Waals surface area contributed by atoms with E-state index in [1.165, 1.54) is 12.1 Å². The number of rotatable bonds is 6. The van der Waals surface area contributed by atoms with Crippen LogP contribution >= 0.6 is 23.2 Å². The predicted molar refractivity (Wildman–Crippen MR) is 138 cm³/mol. The third-order valence-corrected chi connectivity index (χ3v) is 8.37. The van der Waals surface area contributed by atoms with Crippen LogP contribution in [-0.2, 0) is 31.2 Å². The standard InChI is InChI=1S/2C11H10ClN3O2S/c2*12-10-6-9(11(13)15-14-10)18(16,17)7-8-4-2-1-3-5-8/h2*1-6H,7H2,(H2,13,15). The molecule has 0 unspecified atom stereocenters. The van der Waals surface area contributed by atoms with E-state index in [0.29, 0.717) is 11.1 Å². The van der Waals surface area contributed by atoms with Crippen LogP contribution in [0.1, 0.15) is 11.1 Å². The number of halogens is 2. The number of nitrogens with two attached hydrogens (primary N) is 2. The van der Waals surface area contributed by atoms with Crippen molar-refractivity contribution >= 4 is 54.5 Å². The molecule has 188 valence electrons. The minimum absolute atomic E-state index is 0.00385. The Labute approximate surface area is 218 Å². The van der Waals surface area contributed by atoms with Gasteiger partial charge >= 0.3 is 0 Å². The van der Waals surface area contributed by atoms with Crippen LogP contribution in [0.15, 0.2) is 82.6 Å². The fraction of sp³-hybridized carbons (Fsp3) is 0.0909. The maximum Gasteiger partial charge on any atom is 0.186 e. The number of hydrogen-bond donors (Lipinski definition) is 2. The van der Waals surface area contributed by atoms with Crippen LogP contribution < -0.4 is 11.5 Å². The fourth-order valence-electron chi connectivity index (χ4n) is 2.96. The molecule has 0 saturated heterocycles. The second kappa shape index (κ2) is 11.6. The highest BCUT2D eigenvalue weighted by molar-refractivity contribution is 7.91. The number of anilines is 2. The third-order valence-electron chi connectivity index (χ3n) is 4.58. The summed E-state index contributed by atoms with van der Waals surface area (Å²) in [7, 11) is -7.16.